The SMILES string of the molecule is Clc1nc2ccccc2c2cscc12. The predicted molar refractivity (Wildman–Crippen MR) is 62.1 cm³/mol. The first-order valence-corrected chi connectivity index (χ1v) is 5.58. The van der Waals surface area contributed by atoms with E-state index in [-0.39, 0.29) is 0 Å². The van der Waals surface area contributed by atoms with Crippen LogP contribution in [0.3, 0.4) is 0 Å². The van der Waals surface area contributed by atoms with Crippen LogP contribution in [0, 0.1) is 0 Å². The first kappa shape index (κ1) is 8.21. The fourth-order valence-electron chi connectivity index (χ4n) is 1.63. The van der Waals surface area contributed by atoms with Crippen LogP contribution in [-0.2, 0) is 0 Å². The molecule has 0 unspecified atom stereocenters. The maximum atomic E-state index is 6.07. The fraction of sp³-hybridized carbons (Fsp3) is 0. The second-order valence-corrected chi connectivity index (χ2v) is 4.22. The quantitative estimate of drug-likeness (QED) is 0.519. The van der Waals surface area contributed by atoms with Crippen molar-refractivity contribution < 1.29 is 0 Å². The minimum Gasteiger partial charge on any atom is -0.235 e. The van der Waals surface area contributed by atoms with Crippen LogP contribution in [0.4, 0.5) is 0 Å². The largest absolute Gasteiger partial charge is 0.235 e. The number of benzene rings is 1. The van der Waals surface area contributed by atoms with Crippen LogP contribution in [0.2, 0.25) is 5.15 Å². The van der Waals surface area contributed by atoms with Gasteiger partial charge in [0.15, 0.2) is 0 Å². The first-order chi connectivity index (χ1) is 6.86. The van der Waals surface area contributed by atoms with E-state index in [2.05, 4.69) is 16.4 Å². The van der Waals surface area contributed by atoms with Gasteiger partial charge in [-0.05, 0) is 11.4 Å². The number of aromatic nitrogens is 1. The number of hydrogen-bond acceptors (Lipinski definition) is 2. The van der Waals surface area contributed by atoms with Crippen molar-refractivity contribution in [2.45, 2.75) is 0 Å². The molecule has 0 fully saturated rings. The van der Waals surface area contributed by atoms with Crippen molar-refractivity contribution in [3.05, 3.63) is 40.2 Å². The Balaban J connectivity index is 2.66. The minimum atomic E-state index is 0.597. The Bertz CT molecular complexity index is 615. The molecule has 0 saturated heterocycles. The summed E-state index contributed by atoms with van der Waals surface area (Å²) >= 11 is 7.73. The van der Waals surface area contributed by atoms with Crippen molar-refractivity contribution in [3.8, 4) is 0 Å². The molecule has 1 nitrogen and oxygen atoms in total. The third-order valence-corrected chi connectivity index (χ3v) is 3.33. The van der Waals surface area contributed by atoms with Crippen LogP contribution in [0.5, 0.6) is 0 Å². The van der Waals surface area contributed by atoms with Gasteiger partial charge in [-0.25, -0.2) is 4.98 Å². The molecule has 0 radical (unpaired) electrons. The maximum absolute atomic E-state index is 6.07. The number of thiophene rings is 1. The molecule has 0 aliphatic carbocycles. The minimum absolute atomic E-state index is 0.597. The topological polar surface area (TPSA) is 12.9 Å². The van der Waals surface area contributed by atoms with E-state index in [0.29, 0.717) is 5.15 Å². The number of fused-ring (bicyclic) bond motifs is 3. The van der Waals surface area contributed by atoms with Crippen molar-refractivity contribution in [2.75, 3.05) is 0 Å². The van der Waals surface area contributed by atoms with Crippen LogP contribution in [0.25, 0.3) is 21.7 Å². The Labute approximate surface area is 90.0 Å². The first-order valence-electron chi connectivity index (χ1n) is 4.26. The van der Waals surface area contributed by atoms with Gasteiger partial charge in [0.05, 0.1) is 5.52 Å². The molecule has 14 heavy (non-hydrogen) atoms. The van der Waals surface area contributed by atoms with Gasteiger partial charge in [0.25, 0.3) is 0 Å². The van der Waals surface area contributed by atoms with E-state index in [4.69, 9.17) is 11.6 Å². The second kappa shape index (κ2) is 2.94. The number of hydrogen-bond donors (Lipinski definition) is 0. The zero-order chi connectivity index (χ0) is 9.54. The number of halogens is 1. The van der Waals surface area contributed by atoms with Crippen molar-refractivity contribution in [3.63, 3.8) is 0 Å². The lowest BCUT2D eigenvalue weighted by Gasteiger charge is -1.99. The molecule has 1 aromatic carbocycles. The van der Waals surface area contributed by atoms with Gasteiger partial charge in [-0.2, -0.15) is 11.3 Å². The van der Waals surface area contributed by atoms with Gasteiger partial charge >= 0.3 is 0 Å². The Hall–Kier alpha value is -1.12. The normalized spacial score (nSPS) is 11.2. The summed E-state index contributed by atoms with van der Waals surface area (Å²) in [4.78, 5) is 4.35. The highest BCUT2D eigenvalue weighted by atomic mass is 35.5. The zero-order valence-electron chi connectivity index (χ0n) is 7.20. The molecule has 0 saturated carbocycles. The van der Waals surface area contributed by atoms with Crippen LogP contribution >= 0.6 is 22.9 Å². The Morgan fingerprint density at radius 1 is 1.00 bits per heavy atom. The molecule has 0 atom stereocenters. The molecular weight excluding hydrogens is 214 g/mol. The van der Waals surface area contributed by atoms with Crippen LogP contribution in [-0.4, -0.2) is 4.98 Å². The molecule has 0 N–H and O–H groups in total. The van der Waals surface area contributed by atoms with Crippen molar-refractivity contribution in [2.24, 2.45) is 0 Å². The summed E-state index contributed by atoms with van der Waals surface area (Å²) in [7, 11) is 0. The fourth-order valence-corrected chi connectivity index (χ4v) is 2.78. The average Bonchev–Trinajstić information content (AvgIpc) is 2.67. The summed E-state index contributed by atoms with van der Waals surface area (Å²) in [5, 5.41) is 8.18. The molecule has 0 bridgehead atoms. The van der Waals surface area contributed by atoms with E-state index in [0.717, 1.165) is 10.9 Å². The number of pyridine rings is 1. The van der Waals surface area contributed by atoms with E-state index in [1.54, 1.807) is 11.3 Å². The number of rotatable bonds is 0. The van der Waals surface area contributed by atoms with Gasteiger partial charge in [-0.1, -0.05) is 29.8 Å². The number of nitrogens with zero attached hydrogens (tertiary/aromatic N) is 1. The van der Waals surface area contributed by atoms with E-state index in [1.165, 1.54) is 10.8 Å². The van der Waals surface area contributed by atoms with Gasteiger partial charge in [-0.3, -0.25) is 0 Å². The van der Waals surface area contributed by atoms with Crippen molar-refractivity contribution in [1.29, 1.82) is 0 Å². The third-order valence-electron chi connectivity index (χ3n) is 2.30. The van der Waals surface area contributed by atoms with E-state index in [1.807, 2.05) is 23.6 Å². The molecule has 3 rings (SSSR count). The highest BCUT2D eigenvalue weighted by molar-refractivity contribution is 7.09. The lowest BCUT2D eigenvalue weighted by atomic mass is 10.1. The Morgan fingerprint density at radius 3 is 2.71 bits per heavy atom. The summed E-state index contributed by atoms with van der Waals surface area (Å²) in [5.74, 6) is 0. The molecule has 0 aliphatic heterocycles. The molecule has 2 heterocycles. The standard InChI is InChI=1S/C11H6ClNS/c12-11-9-6-14-5-8(9)7-3-1-2-4-10(7)13-11/h1-6H. The summed E-state index contributed by atoms with van der Waals surface area (Å²) < 4.78 is 0. The van der Waals surface area contributed by atoms with Crippen molar-refractivity contribution in [1.82, 2.24) is 4.98 Å². The lowest BCUT2D eigenvalue weighted by Crippen LogP contribution is -1.80. The molecule has 0 aliphatic rings. The second-order valence-electron chi connectivity index (χ2n) is 3.12. The van der Waals surface area contributed by atoms with Gasteiger partial charge in [0.2, 0.25) is 0 Å². The summed E-state index contributed by atoms with van der Waals surface area (Å²) in [6.07, 6.45) is 0. The van der Waals surface area contributed by atoms with Gasteiger partial charge in [0.1, 0.15) is 5.15 Å². The molecule has 2 aromatic heterocycles. The highest BCUT2D eigenvalue weighted by Crippen LogP contribution is 2.31. The van der Waals surface area contributed by atoms with Crippen LogP contribution in [0.15, 0.2) is 35.0 Å². The van der Waals surface area contributed by atoms with E-state index in [9.17, 15) is 0 Å². The third kappa shape index (κ3) is 1.04. The average molecular weight is 220 g/mol. The van der Waals surface area contributed by atoms with Gasteiger partial charge < -0.3 is 0 Å². The zero-order valence-corrected chi connectivity index (χ0v) is 8.77. The molecular formula is C11H6ClNS. The number of para-hydroxylation sites is 1. The smallest absolute Gasteiger partial charge is 0.138 e. The molecule has 3 aromatic rings. The summed E-state index contributed by atoms with van der Waals surface area (Å²) in [6.45, 7) is 0. The Morgan fingerprint density at radius 2 is 1.79 bits per heavy atom. The lowest BCUT2D eigenvalue weighted by molar-refractivity contribution is 1.45. The maximum Gasteiger partial charge on any atom is 0.138 e. The summed E-state index contributed by atoms with van der Waals surface area (Å²) in [6, 6.07) is 8.06. The molecule has 68 valence electrons. The van der Waals surface area contributed by atoms with Crippen molar-refractivity contribution >= 4 is 44.6 Å². The van der Waals surface area contributed by atoms with Gasteiger partial charge in [-0.15, -0.1) is 0 Å². The van der Waals surface area contributed by atoms with Gasteiger partial charge in [0, 0.05) is 21.5 Å². The van der Waals surface area contributed by atoms with Crippen LogP contribution < -0.4 is 0 Å². The summed E-state index contributed by atoms with van der Waals surface area (Å²) in [5.41, 5.74) is 0.961. The Kier molecular flexibility index (Phi) is 1.72. The highest BCUT2D eigenvalue weighted by Gasteiger charge is 2.06. The van der Waals surface area contributed by atoms with E-state index < -0.39 is 0 Å². The van der Waals surface area contributed by atoms with Crippen LogP contribution in [0.1, 0.15) is 0 Å². The monoisotopic (exact) mass is 219 g/mol. The molecule has 0 amide bonds. The predicted octanol–water partition coefficient (Wildman–Crippen LogP) is 4.10. The van der Waals surface area contributed by atoms with E-state index >= 15 is 0 Å². The molecule has 0 spiro atoms. The molecule has 3 heteroatoms.